The Hall–Kier alpha value is -3.67. The van der Waals surface area contributed by atoms with Crippen LogP contribution in [0.2, 0.25) is 0 Å². The van der Waals surface area contributed by atoms with Gasteiger partial charge >= 0.3 is 6.18 Å². The molecule has 3 rings (SSSR count). The normalized spacial score (nSPS) is 11.1. The lowest BCUT2D eigenvalue weighted by atomic mass is 10.1. The number of aromatic nitrogens is 2. The Morgan fingerprint density at radius 1 is 1.15 bits per heavy atom. The van der Waals surface area contributed by atoms with Crippen molar-refractivity contribution in [1.82, 2.24) is 9.78 Å². The van der Waals surface area contributed by atoms with E-state index in [9.17, 15) is 22.4 Å². The monoisotopic (exact) mass is 374 g/mol. The molecule has 0 spiro atoms. The van der Waals surface area contributed by atoms with E-state index in [1.54, 1.807) is 6.07 Å². The number of carbonyl (C=O) groups excluding carboxylic acids is 1. The third-order valence-corrected chi connectivity index (χ3v) is 3.66. The molecule has 0 aliphatic rings. The molecule has 0 unspecified atom stereocenters. The van der Waals surface area contributed by atoms with E-state index in [0.29, 0.717) is 4.68 Å². The number of rotatable bonds is 3. The highest BCUT2D eigenvalue weighted by Gasteiger charge is 2.35. The molecule has 136 valence electrons. The summed E-state index contributed by atoms with van der Waals surface area (Å²) in [6.07, 6.45) is -3.61. The first-order valence-corrected chi connectivity index (χ1v) is 7.53. The highest BCUT2D eigenvalue weighted by Crippen LogP contribution is 2.30. The number of anilines is 1. The second-order valence-corrected chi connectivity index (χ2v) is 5.40. The van der Waals surface area contributed by atoms with Crippen molar-refractivity contribution in [2.24, 2.45) is 0 Å². The number of carbonyl (C=O) groups is 1. The fourth-order valence-corrected chi connectivity index (χ4v) is 2.44. The average Bonchev–Trinajstić information content (AvgIpc) is 3.12. The van der Waals surface area contributed by atoms with Gasteiger partial charge < -0.3 is 5.32 Å². The summed E-state index contributed by atoms with van der Waals surface area (Å²) in [7, 11) is 0. The smallest absolute Gasteiger partial charge is 0.321 e. The molecule has 1 N–H and O–H groups in total. The summed E-state index contributed by atoms with van der Waals surface area (Å²) in [5.41, 5.74) is -1.32. The van der Waals surface area contributed by atoms with Gasteiger partial charge in [-0.2, -0.15) is 23.5 Å². The zero-order valence-electron chi connectivity index (χ0n) is 13.5. The van der Waals surface area contributed by atoms with E-state index < -0.39 is 23.6 Å². The van der Waals surface area contributed by atoms with Crippen LogP contribution in [0.1, 0.15) is 21.6 Å². The Kier molecular flexibility index (Phi) is 4.64. The van der Waals surface area contributed by atoms with Crippen LogP contribution in [0.25, 0.3) is 5.69 Å². The largest absolute Gasteiger partial charge is 0.433 e. The van der Waals surface area contributed by atoms with Gasteiger partial charge in [0.25, 0.3) is 5.91 Å². The van der Waals surface area contributed by atoms with Crippen molar-refractivity contribution in [3.63, 3.8) is 0 Å². The second kappa shape index (κ2) is 6.92. The lowest BCUT2D eigenvalue weighted by molar-refractivity contribution is -0.142. The third kappa shape index (κ3) is 3.64. The highest BCUT2D eigenvalue weighted by molar-refractivity contribution is 6.05. The fourth-order valence-electron chi connectivity index (χ4n) is 2.44. The lowest BCUT2D eigenvalue weighted by Crippen LogP contribution is -2.16. The molecular weight excluding hydrogens is 364 g/mol. The minimum atomic E-state index is -4.61. The van der Waals surface area contributed by atoms with E-state index in [-0.39, 0.29) is 22.5 Å². The van der Waals surface area contributed by atoms with Crippen LogP contribution in [0, 0.1) is 17.1 Å². The van der Waals surface area contributed by atoms with Gasteiger partial charge in [0, 0.05) is 5.56 Å². The van der Waals surface area contributed by atoms with Crippen molar-refractivity contribution in [1.29, 1.82) is 5.26 Å². The van der Waals surface area contributed by atoms with Crippen LogP contribution in [-0.2, 0) is 6.18 Å². The Labute approximate surface area is 150 Å². The number of alkyl halides is 3. The quantitative estimate of drug-likeness (QED) is 0.700. The molecule has 0 fully saturated rings. The molecule has 0 aliphatic carbocycles. The summed E-state index contributed by atoms with van der Waals surface area (Å²) in [5, 5.41) is 15.0. The van der Waals surface area contributed by atoms with Crippen LogP contribution >= 0.6 is 0 Å². The number of amides is 1. The maximum Gasteiger partial charge on any atom is 0.433 e. The number of nitrogens with one attached hydrogen (secondary N) is 1. The number of nitrogens with zero attached hydrogens (tertiary/aromatic N) is 3. The Balaban J connectivity index is 1.93. The maximum absolute atomic E-state index is 13.6. The first kappa shape index (κ1) is 18.1. The van der Waals surface area contributed by atoms with Gasteiger partial charge in [0.15, 0.2) is 0 Å². The molecule has 0 aliphatic heterocycles. The van der Waals surface area contributed by atoms with E-state index in [1.807, 2.05) is 0 Å². The first-order valence-electron chi connectivity index (χ1n) is 7.53. The molecule has 2 aromatic carbocycles. The van der Waals surface area contributed by atoms with Crippen LogP contribution in [-0.4, -0.2) is 15.7 Å². The molecule has 0 atom stereocenters. The zero-order chi connectivity index (χ0) is 19.6. The molecule has 0 bridgehead atoms. The average molecular weight is 374 g/mol. The zero-order valence-corrected chi connectivity index (χ0v) is 13.5. The molecule has 1 amide bonds. The predicted octanol–water partition coefficient (Wildman–Crippen LogP) is 4.15. The predicted molar refractivity (Wildman–Crippen MR) is 87.6 cm³/mol. The minimum absolute atomic E-state index is 0.0178. The number of nitriles is 1. The van der Waals surface area contributed by atoms with Crippen LogP contribution in [0.3, 0.4) is 0 Å². The van der Waals surface area contributed by atoms with E-state index in [1.165, 1.54) is 36.4 Å². The van der Waals surface area contributed by atoms with Crippen LogP contribution in [0.15, 0.2) is 54.7 Å². The van der Waals surface area contributed by atoms with Crippen molar-refractivity contribution in [3.8, 4) is 11.8 Å². The van der Waals surface area contributed by atoms with Gasteiger partial charge in [-0.25, -0.2) is 9.07 Å². The second-order valence-electron chi connectivity index (χ2n) is 5.40. The maximum atomic E-state index is 13.6. The van der Waals surface area contributed by atoms with Crippen molar-refractivity contribution in [2.45, 2.75) is 6.18 Å². The van der Waals surface area contributed by atoms with E-state index in [0.717, 1.165) is 18.3 Å². The highest BCUT2D eigenvalue weighted by atomic mass is 19.4. The number of benzene rings is 2. The molecule has 27 heavy (non-hydrogen) atoms. The molecule has 0 saturated heterocycles. The molecule has 3 aromatic rings. The van der Waals surface area contributed by atoms with Crippen LogP contribution < -0.4 is 5.32 Å². The Bertz CT molecular complexity index is 1050. The summed E-state index contributed by atoms with van der Waals surface area (Å²) in [6.45, 7) is 0. The summed E-state index contributed by atoms with van der Waals surface area (Å²) in [4.78, 5) is 12.4. The van der Waals surface area contributed by atoms with Gasteiger partial charge in [-0.05, 0) is 36.4 Å². The van der Waals surface area contributed by atoms with E-state index in [2.05, 4.69) is 10.4 Å². The molecule has 0 radical (unpaired) electrons. The van der Waals surface area contributed by atoms with Crippen LogP contribution in [0.4, 0.5) is 23.2 Å². The molecule has 9 heteroatoms. The van der Waals surface area contributed by atoms with Gasteiger partial charge in [0.05, 0.1) is 17.6 Å². The number of halogens is 4. The van der Waals surface area contributed by atoms with Crippen molar-refractivity contribution in [3.05, 3.63) is 77.4 Å². The number of hydrogen-bond acceptors (Lipinski definition) is 3. The first-order chi connectivity index (χ1) is 12.8. The molecule has 1 heterocycles. The van der Waals surface area contributed by atoms with Gasteiger partial charge in [0.2, 0.25) is 0 Å². The minimum Gasteiger partial charge on any atom is -0.321 e. The standard InChI is InChI=1S/C18H10F4N4O/c19-14-5-2-6-15(13(14)10-23)25-17(27)11-3-1-4-12(9-11)26-16(7-8-24-26)18(20,21)22/h1-9H,(H,25,27). The molecule has 5 nitrogen and oxygen atoms in total. The summed E-state index contributed by atoms with van der Waals surface area (Å²) in [6, 6.07) is 11.6. The van der Waals surface area contributed by atoms with Crippen molar-refractivity contribution >= 4 is 11.6 Å². The lowest BCUT2D eigenvalue weighted by Gasteiger charge is -2.12. The van der Waals surface area contributed by atoms with Crippen LogP contribution in [0.5, 0.6) is 0 Å². The van der Waals surface area contributed by atoms with Crippen molar-refractivity contribution in [2.75, 3.05) is 5.32 Å². The molecule has 1 aromatic heterocycles. The van der Waals surface area contributed by atoms with Gasteiger partial charge in [-0.15, -0.1) is 0 Å². The van der Waals surface area contributed by atoms with Gasteiger partial charge in [-0.3, -0.25) is 4.79 Å². The van der Waals surface area contributed by atoms with Gasteiger partial charge in [-0.1, -0.05) is 12.1 Å². The SMILES string of the molecule is N#Cc1c(F)cccc1NC(=O)c1cccc(-n2nccc2C(F)(F)F)c1. The summed E-state index contributed by atoms with van der Waals surface area (Å²) < 4.78 is 53.4. The molecule has 0 saturated carbocycles. The van der Waals surface area contributed by atoms with Gasteiger partial charge in [0.1, 0.15) is 23.1 Å². The Morgan fingerprint density at radius 2 is 1.89 bits per heavy atom. The summed E-state index contributed by atoms with van der Waals surface area (Å²) >= 11 is 0. The number of hydrogen-bond donors (Lipinski definition) is 1. The third-order valence-electron chi connectivity index (χ3n) is 3.66. The Morgan fingerprint density at radius 3 is 2.59 bits per heavy atom. The summed E-state index contributed by atoms with van der Waals surface area (Å²) in [5.74, 6) is -1.50. The fraction of sp³-hybridized carbons (Fsp3) is 0.0556. The van der Waals surface area contributed by atoms with E-state index >= 15 is 0 Å². The van der Waals surface area contributed by atoms with E-state index in [4.69, 9.17) is 5.26 Å². The topological polar surface area (TPSA) is 70.7 Å². The van der Waals surface area contributed by atoms with Crippen molar-refractivity contribution < 1.29 is 22.4 Å². The molecular formula is C18H10F4N4O.